The van der Waals surface area contributed by atoms with Gasteiger partial charge in [-0.3, -0.25) is 9.69 Å². The SMILES string of the molecule is Cc1nc(-c2ccccc2)n(CN2CCN(C(=O)C(C)(C)c3ccccc3)CC2)n1. The molecular formula is C24H29N5O. The molecule has 0 bridgehead atoms. The molecule has 1 fully saturated rings. The number of benzene rings is 2. The third kappa shape index (κ3) is 4.14. The molecule has 2 heterocycles. The van der Waals surface area contributed by atoms with Crippen LogP contribution >= 0.6 is 0 Å². The second-order valence-electron chi connectivity index (χ2n) is 8.39. The maximum Gasteiger partial charge on any atom is 0.232 e. The number of hydrogen-bond donors (Lipinski definition) is 0. The quantitative estimate of drug-likeness (QED) is 0.656. The lowest BCUT2D eigenvalue weighted by Gasteiger charge is -2.38. The molecular weight excluding hydrogens is 374 g/mol. The molecule has 6 heteroatoms. The van der Waals surface area contributed by atoms with Crippen LogP contribution in [0.3, 0.4) is 0 Å². The molecule has 1 aromatic heterocycles. The Morgan fingerprint density at radius 3 is 2.17 bits per heavy atom. The molecule has 4 rings (SSSR count). The Morgan fingerprint density at radius 1 is 0.933 bits per heavy atom. The van der Waals surface area contributed by atoms with Crippen LogP contribution in [0.4, 0.5) is 0 Å². The summed E-state index contributed by atoms with van der Waals surface area (Å²) in [5.41, 5.74) is 1.60. The number of aryl methyl sites for hydroxylation is 1. The highest BCUT2D eigenvalue weighted by Gasteiger charge is 2.35. The molecule has 0 atom stereocenters. The standard InChI is InChI=1S/C24H29N5O/c1-19-25-22(20-10-6-4-7-11-20)29(26-19)18-27-14-16-28(17-15-27)23(30)24(2,3)21-12-8-5-9-13-21/h4-13H,14-18H2,1-3H3. The molecule has 2 aromatic carbocycles. The van der Waals surface area contributed by atoms with Crippen molar-refractivity contribution >= 4 is 5.91 Å². The Labute approximate surface area is 178 Å². The maximum absolute atomic E-state index is 13.2. The van der Waals surface area contributed by atoms with Gasteiger partial charge in [0.25, 0.3) is 0 Å². The van der Waals surface area contributed by atoms with E-state index < -0.39 is 5.41 Å². The monoisotopic (exact) mass is 403 g/mol. The number of amides is 1. The van der Waals surface area contributed by atoms with Gasteiger partial charge in [-0.2, -0.15) is 5.10 Å². The van der Waals surface area contributed by atoms with E-state index in [1.165, 1.54) is 0 Å². The van der Waals surface area contributed by atoms with Crippen LogP contribution in [-0.4, -0.2) is 56.7 Å². The Balaban J connectivity index is 1.41. The van der Waals surface area contributed by atoms with Gasteiger partial charge in [0.15, 0.2) is 5.82 Å². The van der Waals surface area contributed by atoms with Gasteiger partial charge in [0.2, 0.25) is 5.91 Å². The Hall–Kier alpha value is -2.99. The van der Waals surface area contributed by atoms with Crippen LogP contribution < -0.4 is 0 Å². The number of nitrogens with zero attached hydrogens (tertiary/aromatic N) is 5. The van der Waals surface area contributed by atoms with Crippen molar-refractivity contribution in [1.82, 2.24) is 24.6 Å². The predicted molar refractivity (Wildman–Crippen MR) is 118 cm³/mol. The van der Waals surface area contributed by atoms with Gasteiger partial charge < -0.3 is 4.90 Å². The third-order valence-corrected chi connectivity index (χ3v) is 5.83. The van der Waals surface area contributed by atoms with Crippen molar-refractivity contribution in [2.75, 3.05) is 26.2 Å². The Kier molecular flexibility index (Phi) is 5.68. The van der Waals surface area contributed by atoms with Crippen molar-refractivity contribution in [3.63, 3.8) is 0 Å². The van der Waals surface area contributed by atoms with Crippen molar-refractivity contribution in [3.05, 3.63) is 72.1 Å². The minimum absolute atomic E-state index is 0.190. The van der Waals surface area contributed by atoms with Gasteiger partial charge in [0.1, 0.15) is 5.82 Å². The molecule has 0 saturated carbocycles. The number of carbonyl (C=O) groups excluding carboxylic acids is 1. The lowest BCUT2D eigenvalue weighted by Crippen LogP contribution is -2.53. The van der Waals surface area contributed by atoms with E-state index in [0.29, 0.717) is 6.67 Å². The van der Waals surface area contributed by atoms with E-state index in [1.54, 1.807) is 0 Å². The van der Waals surface area contributed by atoms with Gasteiger partial charge in [-0.05, 0) is 26.3 Å². The van der Waals surface area contributed by atoms with Gasteiger partial charge in [-0.1, -0.05) is 60.7 Å². The van der Waals surface area contributed by atoms with Gasteiger partial charge >= 0.3 is 0 Å². The molecule has 1 aliphatic rings. The summed E-state index contributed by atoms with van der Waals surface area (Å²) < 4.78 is 1.97. The highest BCUT2D eigenvalue weighted by molar-refractivity contribution is 5.87. The van der Waals surface area contributed by atoms with Crippen LogP contribution in [0.1, 0.15) is 25.2 Å². The summed E-state index contributed by atoms with van der Waals surface area (Å²) in [6.45, 7) is 9.73. The van der Waals surface area contributed by atoms with Gasteiger partial charge in [-0.15, -0.1) is 0 Å². The van der Waals surface area contributed by atoms with Crippen LogP contribution in [0.25, 0.3) is 11.4 Å². The van der Waals surface area contributed by atoms with Crippen molar-refractivity contribution in [2.24, 2.45) is 0 Å². The first kappa shape index (κ1) is 20.3. The number of rotatable bonds is 5. The zero-order valence-corrected chi connectivity index (χ0v) is 18.0. The zero-order valence-electron chi connectivity index (χ0n) is 18.0. The molecule has 3 aromatic rings. The molecule has 0 aliphatic carbocycles. The van der Waals surface area contributed by atoms with E-state index in [2.05, 4.69) is 27.1 Å². The van der Waals surface area contributed by atoms with Crippen LogP contribution in [0.5, 0.6) is 0 Å². The molecule has 0 spiro atoms. The summed E-state index contributed by atoms with van der Waals surface area (Å²) in [4.78, 5) is 22.2. The smallest absolute Gasteiger partial charge is 0.232 e. The maximum atomic E-state index is 13.2. The van der Waals surface area contributed by atoms with Crippen LogP contribution in [0.15, 0.2) is 60.7 Å². The molecule has 30 heavy (non-hydrogen) atoms. The average Bonchev–Trinajstić information content (AvgIpc) is 3.15. The molecule has 0 unspecified atom stereocenters. The van der Waals surface area contributed by atoms with Crippen LogP contribution in [0.2, 0.25) is 0 Å². The Morgan fingerprint density at radius 2 is 1.53 bits per heavy atom. The molecule has 6 nitrogen and oxygen atoms in total. The summed E-state index contributed by atoms with van der Waals surface area (Å²) >= 11 is 0. The highest BCUT2D eigenvalue weighted by Crippen LogP contribution is 2.26. The predicted octanol–water partition coefficient (Wildman–Crippen LogP) is 3.33. The fourth-order valence-corrected chi connectivity index (χ4v) is 4.01. The van der Waals surface area contributed by atoms with Crippen LogP contribution in [0, 0.1) is 6.92 Å². The summed E-state index contributed by atoms with van der Waals surface area (Å²) in [6.07, 6.45) is 0. The molecule has 1 amide bonds. The second kappa shape index (κ2) is 8.40. The van der Waals surface area contributed by atoms with Crippen molar-refractivity contribution in [3.8, 4) is 11.4 Å². The zero-order chi connectivity index (χ0) is 21.1. The van der Waals surface area contributed by atoms with Gasteiger partial charge in [-0.25, -0.2) is 9.67 Å². The number of aromatic nitrogens is 3. The number of piperazine rings is 1. The first-order valence-electron chi connectivity index (χ1n) is 10.5. The number of hydrogen-bond acceptors (Lipinski definition) is 4. The molecule has 0 radical (unpaired) electrons. The van der Waals surface area contributed by atoms with E-state index in [1.807, 2.05) is 78.9 Å². The van der Waals surface area contributed by atoms with E-state index >= 15 is 0 Å². The largest absolute Gasteiger partial charge is 0.339 e. The van der Waals surface area contributed by atoms with Gasteiger partial charge in [0, 0.05) is 31.7 Å². The second-order valence-corrected chi connectivity index (χ2v) is 8.39. The summed E-state index contributed by atoms with van der Waals surface area (Å²) in [5.74, 6) is 1.85. The van der Waals surface area contributed by atoms with E-state index in [9.17, 15) is 4.79 Å². The third-order valence-electron chi connectivity index (χ3n) is 5.83. The van der Waals surface area contributed by atoms with E-state index in [-0.39, 0.29) is 5.91 Å². The average molecular weight is 404 g/mol. The summed E-state index contributed by atoms with van der Waals surface area (Å²) in [6, 6.07) is 20.2. The molecule has 1 saturated heterocycles. The number of carbonyl (C=O) groups is 1. The normalized spacial score (nSPS) is 15.4. The van der Waals surface area contributed by atoms with E-state index in [0.717, 1.165) is 49.0 Å². The first-order chi connectivity index (χ1) is 14.4. The fourth-order valence-electron chi connectivity index (χ4n) is 4.01. The van der Waals surface area contributed by atoms with Crippen LogP contribution in [-0.2, 0) is 16.9 Å². The van der Waals surface area contributed by atoms with Gasteiger partial charge in [0.05, 0.1) is 12.1 Å². The molecule has 0 N–H and O–H groups in total. The molecule has 1 aliphatic heterocycles. The summed E-state index contributed by atoms with van der Waals surface area (Å²) in [5, 5.41) is 4.60. The van der Waals surface area contributed by atoms with Crippen molar-refractivity contribution < 1.29 is 4.79 Å². The molecule has 156 valence electrons. The first-order valence-corrected chi connectivity index (χ1v) is 10.5. The summed E-state index contributed by atoms with van der Waals surface area (Å²) in [7, 11) is 0. The lowest BCUT2D eigenvalue weighted by atomic mass is 9.83. The van der Waals surface area contributed by atoms with Crippen molar-refractivity contribution in [2.45, 2.75) is 32.9 Å². The van der Waals surface area contributed by atoms with E-state index in [4.69, 9.17) is 0 Å². The topological polar surface area (TPSA) is 54.3 Å². The highest BCUT2D eigenvalue weighted by atomic mass is 16.2. The Bertz CT molecular complexity index is 989. The minimum Gasteiger partial charge on any atom is -0.339 e. The lowest BCUT2D eigenvalue weighted by molar-refractivity contribution is -0.138. The van der Waals surface area contributed by atoms with Crippen molar-refractivity contribution in [1.29, 1.82) is 0 Å². The minimum atomic E-state index is -0.521. The fraction of sp³-hybridized carbons (Fsp3) is 0.375.